The highest BCUT2D eigenvalue weighted by molar-refractivity contribution is 7.09. The standard InChI is InChI=1S/C15H15F2NO3S/c16-14(17)13(19)8-18-15(20)10-3-1-4-11(7-10)21-9-12-5-2-6-22-12/h1-7,13-14,19H,8-9H2,(H,18,20)/t13-/m0/s1. The maximum absolute atomic E-state index is 12.2. The molecule has 2 N–H and O–H groups in total. The van der Waals surface area contributed by atoms with E-state index in [4.69, 9.17) is 9.84 Å². The molecule has 118 valence electrons. The van der Waals surface area contributed by atoms with Gasteiger partial charge in [-0.25, -0.2) is 8.78 Å². The van der Waals surface area contributed by atoms with Crippen LogP contribution in [0.1, 0.15) is 15.2 Å². The number of nitrogens with one attached hydrogen (secondary N) is 1. The molecule has 1 heterocycles. The lowest BCUT2D eigenvalue weighted by Crippen LogP contribution is -2.35. The monoisotopic (exact) mass is 327 g/mol. The van der Waals surface area contributed by atoms with Crippen molar-refractivity contribution < 1.29 is 23.4 Å². The fraction of sp³-hybridized carbons (Fsp3) is 0.267. The molecule has 2 rings (SSSR count). The number of halogens is 2. The lowest BCUT2D eigenvalue weighted by molar-refractivity contribution is -0.00270. The van der Waals surface area contributed by atoms with Crippen LogP contribution in [0.2, 0.25) is 0 Å². The fourth-order valence-electron chi connectivity index (χ4n) is 1.66. The summed E-state index contributed by atoms with van der Waals surface area (Å²) in [6, 6.07) is 10.3. The van der Waals surface area contributed by atoms with Gasteiger partial charge in [0, 0.05) is 17.0 Å². The zero-order valence-electron chi connectivity index (χ0n) is 11.5. The first-order chi connectivity index (χ1) is 10.6. The Bertz CT molecular complexity index is 605. The second kappa shape index (κ2) is 7.86. The van der Waals surface area contributed by atoms with Crippen molar-refractivity contribution in [2.75, 3.05) is 6.54 Å². The Morgan fingerprint density at radius 3 is 2.82 bits per heavy atom. The number of carbonyl (C=O) groups excluding carboxylic acids is 1. The topological polar surface area (TPSA) is 58.6 Å². The predicted octanol–water partition coefficient (Wildman–Crippen LogP) is 2.68. The molecular weight excluding hydrogens is 312 g/mol. The summed E-state index contributed by atoms with van der Waals surface area (Å²) < 4.78 is 29.9. The van der Waals surface area contributed by atoms with Gasteiger partial charge in [0.05, 0.1) is 0 Å². The number of carbonyl (C=O) groups is 1. The molecule has 0 saturated heterocycles. The molecule has 0 aliphatic rings. The number of amides is 1. The van der Waals surface area contributed by atoms with Crippen molar-refractivity contribution in [3.05, 3.63) is 52.2 Å². The van der Waals surface area contributed by atoms with E-state index in [0.717, 1.165) is 4.88 Å². The van der Waals surface area contributed by atoms with Gasteiger partial charge in [-0.1, -0.05) is 12.1 Å². The summed E-state index contributed by atoms with van der Waals surface area (Å²) in [6.45, 7) is -0.108. The van der Waals surface area contributed by atoms with E-state index >= 15 is 0 Å². The summed E-state index contributed by atoms with van der Waals surface area (Å²) in [7, 11) is 0. The van der Waals surface area contributed by atoms with Crippen LogP contribution in [-0.4, -0.2) is 30.1 Å². The SMILES string of the molecule is O=C(NC[C@H](O)C(F)F)c1cccc(OCc2cccs2)c1. The maximum Gasteiger partial charge on any atom is 0.265 e. The number of thiophene rings is 1. The number of hydrogen-bond acceptors (Lipinski definition) is 4. The third-order valence-electron chi connectivity index (χ3n) is 2.82. The number of aliphatic hydroxyl groups is 1. The van der Waals surface area contributed by atoms with E-state index < -0.39 is 25.0 Å². The van der Waals surface area contributed by atoms with Crippen molar-refractivity contribution in [2.24, 2.45) is 0 Å². The van der Waals surface area contributed by atoms with Crippen molar-refractivity contribution in [1.82, 2.24) is 5.32 Å². The number of aliphatic hydroxyl groups excluding tert-OH is 1. The summed E-state index contributed by atoms with van der Waals surface area (Å²) in [4.78, 5) is 12.9. The molecule has 0 aliphatic carbocycles. The number of alkyl halides is 2. The van der Waals surface area contributed by atoms with Crippen LogP contribution in [0.3, 0.4) is 0 Å². The van der Waals surface area contributed by atoms with Crippen LogP contribution in [0, 0.1) is 0 Å². The molecule has 0 bridgehead atoms. The van der Waals surface area contributed by atoms with E-state index in [9.17, 15) is 13.6 Å². The van der Waals surface area contributed by atoms with Gasteiger partial charge in [-0.05, 0) is 29.6 Å². The summed E-state index contributed by atoms with van der Waals surface area (Å²) in [5.41, 5.74) is 0.283. The highest BCUT2D eigenvalue weighted by Gasteiger charge is 2.18. The summed E-state index contributed by atoms with van der Waals surface area (Å²) in [5, 5.41) is 13.2. The van der Waals surface area contributed by atoms with Gasteiger partial charge < -0.3 is 15.2 Å². The van der Waals surface area contributed by atoms with Gasteiger partial charge in [-0.15, -0.1) is 11.3 Å². The van der Waals surface area contributed by atoms with Gasteiger partial charge in [0.25, 0.3) is 12.3 Å². The molecule has 0 radical (unpaired) electrons. The Hall–Kier alpha value is -1.99. The molecule has 0 spiro atoms. The Morgan fingerprint density at radius 1 is 1.32 bits per heavy atom. The molecule has 22 heavy (non-hydrogen) atoms. The van der Waals surface area contributed by atoms with E-state index in [1.54, 1.807) is 29.5 Å². The van der Waals surface area contributed by atoms with E-state index in [1.165, 1.54) is 6.07 Å². The van der Waals surface area contributed by atoms with Crippen LogP contribution in [0.25, 0.3) is 0 Å². The summed E-state index contributed by atoms with van der Waals surface area (Å²) in [5.74, 6) is -0.0308. The largest absolute Gasteiger partial charge is 0.488 e. The van der Waals surface area contributed by atoms with Gasteiger partial charge in [0.1, 0.15) is 18.5 Å². The third-order valence-corrected chi connectivity index (χ3v) is 3.67. The highest BCUT2D eigenvalue weighted by Crippen LogP contribution is 2.17. The highest BCUT2D eigenvalue weighted by atomic mass is 32.1. The summed E-state index contributed by atoms with van der Waals surface area (Å²) in [6.07, 6.45) is -4.76. The molecule has 7 heteroatoms. The van der Waals surface area contributed by atoms with Crippen molar-refractivity contribution >= 4 is 17.2 Å². The molecule has 0 fully saturated rings. The molecule has 1 amide bonds. The number of hydrogen-bond donors (Lipinski definition) is 2. The fourth-order valence-corrected chi connectivity index (χ4v) is 2.28. The minimum absolute atomic E-state index is 0.283. The van der Waals surface area contributed by atoms with Crippen LogP contribution < -0.4 is 10.1 Å². The minimum atomic E-state index is -2.89. The molecular formula is C15H15F2NO3S. The van der Waals surface area contributed by atoms with Gasteiger partial charge in [-0.2, -0.15) is 0 Å². The summed E-state index contributed by atoms with van der Waals surface area (Å²) >= 11 is 1.56. The molecule has 0 unspecified atom stereocenters. The smallest absolute Gasteiger partial charge is 0.265 e. The van der Waals surface area contributed by atoms with Gasteiger partial charge in [0.15, 0.2) is 0 Å². The van der Waals surface area contributed by atoms with Crippen LogP contribution in [0.4, 0.5) is 8.78 Å². The molecule has 0 saturated carbocycles. The van der Waals surface area contributed by atoms with Crippen LogP contribution >= 0.6 is 11.3 Å². The second-order valence-electron chi connectivity index (χ2n) is 4.51. The molecule has 2 aromatic rings. The molecule has 0 aliphatic heterocycles. The van der Waals surface area contributed by atoms with Crippen LogP contribution in [0.15, 0.2) is 41.8 Å². The van der Waals surface area contributed by atoms with Crippen molar-refractivity contribution in [2.45, 2.75) is 19.1 Å². The third kappa shape index (κ3) is 4.78. The Balaban J connectivity index is 1.91. The first kappa shape index (κ1) is 16.4. The molecule has 1 atom stereocenters. The van der Waals surface area contributed by atoms with Gasteiger partial charge in [-0.3, -0.25) is 4.79 Å². The van der Waals surface area contributed by atoms with Crippen molar-refractivity contribution in [3.8, 4) is 5.75 Å². The van der Waals surface area contributed by atoms with Crippen LogP contribution in [-0.2, 0) is 6.61 Å². The van der Waals surface area contributed by atoms with Crippen molar-refractivity contribution in [1.29, 1.82) is 0 Å². The van der Waals surface area contributed by atoms with Crippen molar-refractivity contribution in [3.63, 3.8) is 0 Å². The normalized spacial score (nSPS) is 12.2. The second-order valence-corrected chi connectivity index (χ2v) is 5.54. The van der Waals surface area contributed by atoms with E-state index in [-0.39, 0.29) is 5.56 Å². The number of ether oxygens (including phenoxy) is 1. The molecule has 4 nitrogen and oxygen atoms in total. The maximum atomic E-state index is 12.2. The lowest BCUT2D eigenvalue weighted by atomic mass is 10.2. The minimum Gasteiger partial charge on any atom is -0.488 e. The lowest BCUT2D eigenvalue weighted by Gasteiger charge is -2.11. The Morgan fingerprint density at radius 2 is 2.14 bits per heavy atom. The molecule has 1 aromatic carbocycles. The average molecular weight is 327 g/mol. The first-order valence-corrected chi connectivity index (χ1v) is 7.44. The predicted molar refractivity (Wildman–Crippen MR) is 79.4 cm³/mol. The van der Waals surface area contributed by atoms with E-state index in [1.807, 2.05) is 17.5 Å². The number of rotatable bonds is 7. The van der Waals surface area contributed by atoms with E-state index in [0.29, 0.717) is 12.4 Å². The van der Waals surface area contributed by atoms with Gasteiger partial charge >= 0.3 is 0 Å². The zero-order valence-corrected chi connectivity index (χ0v) is 12.4. The molecule has 1 aromatic heterocycles. The Labute approximate surface area is 130 Å². The first-order valence-electron chi connectivity index (χ1n) is 6.56. The average Bonchev–Trinajstić information content (AvgIpc) is 3.03. The van der Waals surface area contributed by atoms with Crippen LogP contribution in [0.5, 0.6) is 5.75 Å². The Kier molecular flexibility index (Phi) is 5.85. The zero-order chi connectivity index (χ0) is 15.9. The quantitative estimate of drug-likeness (QED) is 0.822. The van der Waals surface area contributed by atoms with E-state index in [2.05, 4.69) is 5.32 Å². The number of benzene rings is 1. The van der Waals surface area contributed by atoms with Gasteiger partial charge in [0.2, 0.25) is 0 Å².